The first kappa shape index (κ1) is 12.6. The summed E-state index contributed by atoms with van der Waals surface area (Å²) in [4.78, 5) is 0. The summed E-state index contributed by atoms with van der Waals surface area (Å²) in [5.74, 6) is 3.14. The SMILES string of the molecule is CCCC1(C23CC4CC(CC(C4)C2)C3)COCCN1. The summed E-state index contributed by atoms with van der Waals surface area (Å²) in [5.41, 5.74) is 0.897. The molecule has 4 bridgehead atoms. The smallest absolute Gasteiger partial charge is 0.0654 e. The van der Waals surface area contributed by atoms with E-state index in [0.29, 0.717) is 11.0 Å². The lowest BCUT2D eigenvalue weighted by Crippen LogP contribution is -2.68. The second-order valence-corrected chi connectivity index (χ2v) is 8.01. The van der Waals surface area contributed by atoms with Gasteiger partial charge in [0.1, 0.15) is 0 Å². The van der Waals surface area contributed by atoms with Crippen LogP contribution in [0, 0.1) is 23.2 Å². The highest BCUT2D eigenvalue weighted by atomic mass is 16.5. The van der Waals surface area contributed by atoms with Gasteiger partial charge in [0, 0.05) is 12.1 Å². The summed E-state index contributed by atoms with van der Waals surface area (Å²) < 4.78 is 5.97. The maximum atomic E-state index is 5.97. The maximum absolute atomic E-state index is 5.97. The molecule has 1 aliphatic heterocycles. The quantitative estimate of drug-likeness (QED) is 0.843. The average Bonchev–Trinajstić information content (AvgIpc) is 2.38. The van der Waals surface area contributed by atoms with Crippen molar-refractivity contribution in [3.8, 4) is 0 Å². The molecule has 1 saturated heterocycles. The fraction of sp³-hybridized carbons (Fsp3) is 1.00. The Balaban J connectivity index is 1.67. The number of hydrogen-bond acceptors (Lipinski definition) is 2. The molecule has 0 aromatic carbocycles. The van der Waals surface area contributed by atoms with Crippen molar-refractivity contribution in [1.29, 1.82) is 0 Å². The summed E-state index contributed by atoms with van der Waals surface area (Å²) in [5, 5.41) is 3.97. The molecule has 1 unspecified atom stereocenters. The third kappa shape index (κ3) is 1.82. The van der Waals surface area contributed by atoms with Crippen LogP contribution in [0.3, 0.4) is 0 Å². The molecule has 4 aliphatic carbocycles. The van der Waals surface area contributed by atoms with E-state index in [-0.39, 0.29) is 0 Å². The van der Waals surface area contributed by atoms with Crippen LogP contribution in [0.25, 0.3) is 0 Å². The molecule has 2 nitrogen and oxygen atoms in total. The van der Waals surface area contributed by atoms with Crippen molar-refractivity contribution in [2.45, 2.75) is 63.8 Å². The van der Waals surface area contributed by atoms with Crippen LogP contribution in [0.4, 0.5) is 0 Å². The van der Waals surface area contributed by atoms with Gasteiger partial charge in [0.05, 0.1) is 13.2 Å². The Morgan fingerprint density at radius 3 is 2.16 bits per heavy atom. The van der Waals surface area contributed by atoms with Gasteiger partial charge in [-0.15, -0.1) is 0 Å². The third-order valence-corrected chi connectivity index (χ3v) is 6.79. The van der Waals surface area contributed by atoms with E-state index in [1.807, 2.05) is 0 Å². The van der Waals surface area contributed by atoms with Gasteiger partial charge < -0.3 is 10.1 Å². The second kappa shape index (κ2) is 4.46. The van der Waals surface area contributed by atoms with Crippen LogP contribution in [0.5, 0.6) is 0 Å². The average molecular weight is 263 g/mol. The van der Waals surface area contributed by atoms with E-state index in [4.69, 9.17) is 4.74 Å². The van der Waals surface area contributed by atoms with E-state index >= 15 is 0 Å². The van der Waals surface area contributed by atoms with Crippen LogP contribution in [0.1, 0.15) is 58.3 Å². The van der Waals surface area contributed by atoms with E-state index < -0.39 is 0 Å². The van der Waals surface area contributed by atoms with E-state index in [1.54, 1.807) is 19.3 Å². The zero-order chi connectivity index (χ0) is 12.9. The summed E-state index contributed by atoms with van der Waals surface area (Å²) in [6.45, 7) is 5.31. The Bertz CT molecular complexity index is 304. The molecule has 1 atom stereocenters. The maximum Gasteiger partial charge on any atom is 0.0654 e. The largest absolute Gasteiger partial charge is 0.378 e. The van der Waals surface area contributed by atoms with Crippen molar-refractivity contribution in [2.75, 3.05) is 19.8 Å². The highest BCUT2D eigenvalue weighted by Gasteiger charge is 2.60. The number of nitrogens with one attached hydrogen (secondary N) is 1. The lowest BCUT2D eigenvalue weighted by atomic mass is 9.44. The number of morpholine rings is 1. The summed E-state index contributed by atoms with van der Waals surface area (Å²) in [6, 6.07) is 0. The molecule has 19 heavy (non-hydrogen) atoms. The molecular weight excluding hydrogens is 234 g/mol. The van der Waals surface area contributed by atoms with Crippen LogP contribution >= 0.6 is 0 Å². The lowest BCUT2D eigenvalue weighted by Gasteiger charge is -2.64. The van der Waals surface area contributed by atoms with Crippen molar-refractivity contribution in [3.05, 3.63) is 0 Å². The van der Waals surface area contributed by atoms with Gasteiger partial charge >= 0.3 is 0 Å². The highest BCUT2D eigenvalue weighted by molar-refractivity contribution is 5.13. The molecular formula is C17H29NO. The van der Waals surface area contributed by atoms with Gasteiger partial charge in [-0.1, -0.05) is 13.3 Å². The Morgan fingerprint density at radius 1 is 1.05 bits per heavy atom. The number of rotatable bonds is 3. The van der Waals surface area contributed by atoms with Crippen molar-refractivity contribution in [3.63, 3.8) is 0 Å². The Kier molecular flexibility index (Phi) is 2.97. The van der Waals surface area contributed by atoms with Gasteiger partial charge in [-0.25, -0.2) is 0 Å². The molecule has 1 N–H and O–H groups in total. The summed E-state index contributed by atoms with van der Waals surface area (Å²) in [6.07, 6.45) is 11.7. The molecule has 0 radical (unpaired) electrons. The van der Waals surface area contributed by atoms with Crippen molar-refractivity contribution < 1.29 is 4.74 Å². The first-order valence-corrected chi connectivity index (χ1v) is 8.58. The highest BCUT2D eigenvalue weighted by Crippen LogP contribution is 2.64. The molecule has 4 saturated carbocycles. The van der Waals surface area contributed by atoms with Crippen LogP contribution in [-0.4, -0.2) is 25.3 Å². The molecule has 0 amide bonds. The van der Waals surface area contributed by atoms with Crippen LogP contribution < -0.4 is 5.32 Å². The van der Waals surface area contributed by atoms with Gasteiger partial charge in [0.15, 0.2) is 0 Å². The third-order valence-electron chi connectivity index (χ3n) is 6.79. The predicted octanol–water partition coefficient (Wildman–Crippen LogP) is 3.36. The lowest BCUT2D eigenvalue weighted by molar-refractivity contribution is -0.145. The van der Waals surface area contributed by atoms with Gasteiger partial charge in [-0.05, 0) is 68.1 Å². The van der Waals surface area contributed by atoms with Gasteiger partial charge in [-0.2, -0.15) is 0 Å². The molecule has 1 heterocycles. The van der Waals surface area contributed by atoms with Gasteiger partial charge in [0.2, 0.25) is 0 Å². The normalized spacial score (nSPS) is 52.6. The Hall–Kier alpha value is -0.0800. The Morgan fingerprint density at radius 2 is 1.68 bits per heavy atom. The second-order valence-electron chi connectivity index (χ2n) is 8.01. The van der Waals surface area contributed by atoms with E-state index in [1.165, 1.54) is 32.1 Å². The molecule has 0 aromatic rings. The molecule has 2 heteroatoms. The first-order valence-electron chi connectivity index (χ1n) is 8.58. The van der Waals surface area contributed by atoms with Gasteiger partial charge in [0.25, 0.3) is 0 Å². The van der Waals surface area contributed by atoms with E-state index in [9.17, 15) is 0 Å². The first-order chi connectivity index (χ1) is 9.25. The molecule has 108 valence electrons. The number of hydrogen-bond donors (Lipinski definition) is 1. The zero-order valence-electron chi connectivity index (χ0n) is 12.4. The predicted molar refractivity (Wildman–Crippen MR) is 77.1 cm³/mol. The monoisotopic (exact) mass is 263 g/mol. The minimum absolute atomic E-state index is 0.315. The van der Waals surface area contributed by atoms with E-state index in [0.717, 1.165) is 37.5 Å². The molecule has 0 aromatic heterocycles. The van der Waals surface area contributed by atoms with Crippen LogP contribution in [-0.2, 0) is 4.74 Å². The molecule has 5 fully saturated rings. The topological polar surface area (TPSA) is 21.3 Å². The fourth-order valence-electron chi connectivity index (χ4n) is 6.55. The van der Waals surface area contributed by atoms with E-state index in [2.05, 4.69) is 12.2 Å². The zero-order valence-corrected chi connectivity index (χ0v) is 12.4. The minimum Gasteiger partial charge on any atom is -0.378 e. The fourth-order valence-corrected chi connectivity index (χ4v) is 6.55. The van der Waals surface area contributed by atoms with Crippen molar-refractivity contribution >= 4 is 0 Å². The van der Waals surface area contributed by atoms with Gasteiger partial charge in [-0.3, -0.25) is 0 Å². The standard InChI is InChI=1S/C17H29NO/c1-2-3-17(12-19-5-4-18-17)16-9-13-6-14(10-16)8-15(7-13)11-16/h13-15,18H,2-12H2,1H3. The molecule has 0 spiro atoms. The minimum atomic E-state index is 0.315. The van der Waals surface area contributed by atoms with Crippen molar-refractivity contribution in [1.82, 2.24) is 5.32 Å². The molecule has 5 rings (SSSR count). The Labute approximate surface area is 117 Å². The summed E-state index contributed by atoms with van der Waals surface area (Å²) in [7, 11) is 0. The van der Waals surface area contributed by atoms with Crippen LogP contribution in [0.2, 0.25) is 0 Å². The van der Waals surface area contributed by atoms with Crippen LogP contribution in [0.15, 0.2) is 0 Å². The van der Waals surface area contributed by atoms with Crippen molar-refractivity contribution in [2.24, 2.45) is 23.2 Å². The summed E-state index contributed by atoms with van der Waals surface area (Å²) >= 11 is 0. The molecule has 5 aliphatic rings. The number of ether oxygens (including phenoxy) is 1.